The molecule has 0 aromatic rings. The Morgan fingerprint density at radius 3 is 3.17 bits per heavy atom. The summed E-state index contributed by atoms with van der Waals surface area (Å²) in [5.74, 6) is -0.0339. The van der Waals surface area contributed by atoms with E-state index in [1.807, 2.05) is 0 Å². The minimum absolute atomic E-state index is 0.0339. The fourth-order valence-electron chi connectivity index (χ4n) is 1.20. The molecule has 0 aliphatic carbocycles. The van der Waals surface area contributed by atoms with Crippen LogP contribution < -0.4 is 5.32 Å². The molecule has 1 heterocycles. The van der Waals surface area contributed by atoms with Gasteiger partial charge in [-0.2, -0.15) is 0 Å². The molecule has 0 aromatic carbocycles. The summed E-state index contributed by atoms with van der Waals surface area (Å²) < 4.78 is 0. The Morgan fingerprint density at radius 2 is 2.50 bits per heavy atom. The van der Waals surface area contributed by atoms with Crippen molar-refractivity contribution in [3.63, 3.8) is 0 Å². The molecule has 1 unspecified atom stereocenters. The highest BCUT2D eigenvalue weighted by Crippen LogP contribution is 2.01. The Balaban J connectivity index is 2.51. The molecule has 1 saturated heterocycles. The lowest BCUT2D eigenvalue weighted by Gasteiger charge is -2.21. The average molecular weight is 170 g/mol. The maximum absolute atomic E-state index is 11.0. The van der Waals surface area contributed by atoms with E-state index in [1.165, 1.54) is 6.08 Å². The highest BCUT2D eigenvalue weighted by atomic mass is 16.3. The van der Waals surface area contributed by atoms with E-state index in [-0.39, 0.29) is 12.5 Å². The molecule has 68 valence electrons. The number of hydrogen-bond donors (Lipinski definition) is 2. The van der Waals surface area contributed by atoms with Crippen molar-refractivity contribution < 1.29 is 9.90 Å². The van der Waals surface area contributed by atoms with E-state index >= 15 is 0 Å². The zero-order valence-corrected chi connectivity index (χ0v) is 6.99. The van der Waals surface area contributed by atoms with Crippen LogP contribution in [0.4, 0.5) is 0 Å². The molecule has 0 radical (unpaired) electrons. The maximum Gasteiger partial charge on any atom is 0.234 e. The second-order valence-electron chi connectivity index (χ2n) is 2.82. The second-order valence-corrected chi connectivity index (χ2v) is 2.82. The Kier molecular flexibility index (Phi) is 3.25. The lowest BCUT2D eigenvalue weighted by Crippen LogP contribution is -2.39. The molecule has 1 aliphatic heterocycles. The standard InChI is InChI=1S/C8H14N2O2/c1-2-8(12)10-5-3-4-9-7(11)6-10/h2,8,12H,1,3-6H2,(H,9,11). The van der Waals surface area contributed by atoms with E-state index in [4.69, 9.17) is 0 Å². The number of nitrogens with one attached hydrogen (secondary N) is 1. The minimum atomic E-state index is -0.700. The molecule has 12 heavy (non-hydrogen) atoms. The number of carbonyl (C=O) groups excluding carboxylic acids is 1. The summed E-state index contributed by atoms with van der Waals surface area (Å²) in [6, 6.07) is 0. The van der Waals surface area contributed by atoms with E-state index in [1.54, 1.807) is 4.90 Å². The van der Waals surface area contributed by atoms with Crippen molar-refractivity contribution >= 4 is 5.91 Å². The van der Waals surface area contributed by atoms with Gasteiger partial charge in [-0.1, -0.05) is 6.58 Å². The first-order valence-electron chi connectivity index (χ1n) is 4.05. The minimum Gasteiger partial charge on any atom is -0.375 e. The summed E-state index contributed by atoms with van der Waals surface area (Å²) in [5.41, 5.74) is 0. The molecule has 0 spiro atoms. The zero-order valence-electron chi connectivity index (χ0n) is 6.99. The van der Waals surface area contributed by atoms with Gasteiger partial charge in [-0.3, -0.25) is 9.69 Å². The summed E-state index contributed by atoms with van der Waals surface area (Å²) in [4.78, 5) is 12.7. The number of carbonyl (C=O) groups is 1. The molecule has 0 aromatic heterocycles. The SMILES string of the molecule is C=CC(O)N1CCCNC(=O)C1. The molecule has 1 atom stereocenters. The molecule has 0 bridgehead atoms. The first-order valence-corrected chi connectivity index (χ1v) is 4.05. The lowest BCUT2D eigenvalue weighted by atomic mass is 10.3. The molecule has 4 heteroatoms. The Bertz CT molecular complexity index is 182. The van der Waals surface area contributed by atoms with Crippen molar-refractivity contribution in [1.29, 1.82) is 0 Å². The summed E-state index contributed by atoms with van der Waals surface area (Å²) in [6.07, 6.45) is 1.60. The van der Waals surface area contributed by atoms with Crippen molar-refractivity contribution in [3.8, 4) is 0 Å². The van der Waals surface area contributed by atoms with Crippen LogP contribution in [0.5, 0.6) is 0 Å². The van der Waals surface area contributed by atoms with Gasteiger partial charge in [-0.25, -0.2) is 0 Å². The van der Waals surface area contributed by atoms with Gasteiger partial charge in [0.25, 0.3) is 0 Å². The Morgan fingerprint density at radius 1 is 1.75 bits per heavy atom. The van der Waals surface area contributed by atoms with Crippen LogP contribution in [0.3, 0.4) is 0 Å². The second kappa shape index (κ2) is 4.23. The Hall–Kier alpha value is -0.870. The van der Waals surface area contributed by atoms with Crippen molar-refractivity contribution in [1.82, 2.24) is 10.2 Å². The summed E-state index contributed by atoms with van der Waals surface area (Å²) in [7, 11) is 0. The van der Waals surface area contributed by atoms with Gasteiger partial charge in [0.05, 0.1) is 6.54 Å². The van der Waals surface area contributed by atoms with Crippen LogP contribution in [0.25, 0.3) is 0 Å². The topological polar surface area (TPSA) is 52.6 Å². The van der Waals surface area contributed by atoms with Crippen LogP contribution in [-0.4, -0.2) is 41.8 Å². The number of aliphatic hydroxyl groups is 1. The lowest BCUT2D eigenvalue weighted by molar-refractivity contribution is -0.123. The van der Waals surface area contributed by atoms with Gasteiger partial charge in [0, 0.05) is 13.1 Å². The van der Waals surface area contributed by atoms with Crippen LogP contribution >= 0.6 is 0 Å². The van der Waals surface area contributed by atoms with Crippen LogP contribution in [-0.2, 0) is 4.79 Å². The van der Waals surface area contributed by atoms with Gasteiger partial charge in [0.1, 0.15) is 6.23 Å². The van der Waals surface area contributed by atoms with Gasteiger partial charge < -0.3 is 10.4 Å². The molecule has 1 aliphatic rings. The third-order valence-corrected chi connectivity index (χ3v) is 1.88. The summed E-state index contributed by atoms with van der Waals surface area (Å²) in [5, 5.41) is 12.1. The van der Waals surface area contributed by atoms with Gasteiger partial charge in [0.2, 0.25) is 5.91 Å². The molecule has 0 saturated carbocycles. The monoisotopic (exact) mass is 170 g/mol. The van der Waals surface area contributed by atoms with E-state index in [0.29, 0.717) is 6.54 Å². The molecular formula is C8H14N2O2. The van der Waals surface area contributed by atoms with E-state index in [2.05, 4.69) is 11.9 Å². The smallest absolute Gasteiger partial charge is 0.234 e. The molecular weight excluding hydrogens is 156 g/mol. The highest BCUT2D eigenvalue weighted by Gasteiger charge is 2.18. The summed E-state index contributed by atoms with van der Waals surface area (Å²) >= 11 is 0. The van der Waals surface area contributed by atoms with E-state index in [0.717, 1.165) is 13.0 Å². The normalized spacial score (nSPS) is 22.6. The number of aliphatic hydroxyl groups excluding tert-OH is 1. The molecule has 1 rings (SSSR count). The van der Waals surface area contributed by atoms with Gasteiger partial charge in [-0.05, 0) is 12.5 Å². The fraction of sp³-hybridized carbons (Fsp3) is 0.625. The first-order chi connectivity index (χ1) is 5.74. The van der Waals surface area contributed by atoms with Crippen LogP contribution in [0, 0.1) is 0 Å². The van der Waals surface area contributed by atoms with Crippen LogP contribution in [0.2, 0.25) is 0 Å². The van der Waals surface area contributed by atoms with Gasteiger partial charge >= 0.3 is 0 Å². The predicted molar refractivity (Wildman–Crippen MR) is 45.4 cm³/mol. The predicted octanol–water partition coefficient (Wildman–Crippen LogP) is -0.687. The van der Waals surface area contributed by atoms with E-state index in [9.17, 15) is 9.90 Å². The van der Waals surface area contributed by atoms with Crippen molar-refractivity contribution in [3.05, 3.63) is 12.7 Å². The third-order valence-electron chi connectivity index (χ3n) is 1.88. The fourth-order valence-corrected chi connectivity index (χ4v) is 1.20. The van der Waals surface area contributed by atoms with Gasteiger partial charge in [-0.15, -0.1) is 0 Å². The Labute approximate surface area is 71.9 Å². The van der Waals surface area contributed by atoms with Crippen LogP contribution in [0.1, 0.15) is 6.42 Å². The molecule has 2 N–H and O–H groups in total. The molecule has 1 fully saturated rings. The van der Waals surface area contributed by atoms with Crippen molar-refractivity contribution in [2.45, 2.75) is 12.6 Å². The summed E-state index contributed by atoms with van der Waals surface area (Å²) in [6.45, 7) is 5.15. The van der Waals surface area contributed by atoms with Crippen LogP contribution in [0.15, 0.2) is 12.7 Å². The number of nitrogens with zero attached hydrogens (tertiary/aromatic N) is 1. The average Bonchev–Trinajstić information content (AvgIpc) is 2.28. The van der Waals surface area contributed by atoms with Crippen molar-refractivity contribution in [2.24, 2.45) is 0 Å². The van der Waals surface area contributed by atoms with Gasteiger partial charge in [0.15, 0.2) is 0 Å². The molecule has 4 nitrogen and oxygen atoms in total. The quantitative estimate of drug-likeness (QED) is 0.539. The maximum atomic E-state index is 11.0. The number of hydrogen-bond acceptors (Lipinski definition) is 3. The highest BCUT2D eigenvalue weighted by molar-refractivity contribution is 5.78. The third kappa shape index (κ3) is 2.32. The number of amides is 1. The van der Waals surface area contributed by atoms with Crippen molar-refractivity contribution in [2.75, 3.05) is 19.6 Å². The van der Waals surface area contributed by atoms with E-state index < -0.39 is 6.23 Å². The number of rotatable bonds is 2. The largest absolute Gasteiger partial charge is 0.375 e. The first kappa shape index (κ1) is 9.22. The molecule has 1 amide bonds. The zero-order chi connectivity index (χ0) is 8.97.